The number of rotatable bonds is 10. The van der Waals surface area contributed by atoms with Gasteiger partial charge in [0.2, 0.25) is 0 Å². The molecule has 0 saturated heterocycles. The molecule has 0 unspecified atom stereocenters. The Hall–Kier alpha value is -0.183. The van der Waals surface area contributed by atoms with Crippen molar-refractivity contribution in [2.75, 3.05) is 6.54 Å². The highest BCUT2D eigenvalue weighted by Gasteiger charge is 1.91. The molecular weight excluding hydrogens is 178 g/mol. The van der Waals surface area contributed by atoms with Crippen LogP contribution in [0.4, 0.5) is 0 Å². The van der Waals surface area contributed by atoms with Crippen LogP contribution in [0.2, 0.25) is 6.04 Å². The van der Waals surface area contributed by atoms with E-state index in [1.54, 1.807) is 0 Å². The van der Waals surface area contributed by atoms with Crippen molar-refractivity contribution >= 4 is 10.2 Å². The molecule has 13 heavy (non-hydrogen) atoms. The number of nitrogens with zero attached hydrogens (tertiary/aromatic N) is 1. The maximum Gasteiger partial charge on any atom is 0.0811 e. The zero-order valence-corrected chi connectivity index (χ0v) is 10.9. The number of hydrogen-bond donors (Lipinski definition) is 0. The largest absolute Gasteiger partial charge is 0.151 e. The Kier molecular flexibility index (Phi) is 11.7. The molecule has 0 atom stereocenters. The van der Waals surface area contributed by atoms with Gasteiger partial charge in [-0.15, -0.1) is 0 Å². The van der Waals surface area contributed by atoms with Gasteiger partial charge in [-0.05, 0) is 6.42 Å². The molecule has 0 aliphatic heterocycles. The van der Waals surface area contributed by atoms with E-state index in [1.807, 2.05) is 0 Å². The van der Waals surface area contributed by atoms with Gasteiger partial charge in [-0.2, -0.15) is 4.91 Å². The van der Waals surface area contributed by atoms with Crippen LogP contribution in [-0.2, 0) is 0 Å². The monoisotopic (exact) mass is 201 g/mol. The van der Waals surface area contributed by atoms with Gasteiger partial charge in [-0.25, -0.2) is 0 Å². The fraction of sp³-hybridized carbons (Fsp3) is 1.00. The van der Waals surface area contributed by atoms with Gasteiger partial charge in [0.25, 0.3) is 0 Å². The van der Waals surface area contributed by atoms with Crippen LogP contribution in [0.1, 0.15) is 51.4 Å². The summed E-state index contributed by atoms with van der Waals surface area (Å²) in [4.78, 5) is 9.77. The third-order valence-corrected chi connectivity index (χ3v) is 3.06. The van der Waals surface area contributed by atoms with Gasteiger partial charge in [0.05, 0.1) is 6.54 Å². The van der Waals surface area contributed by atoms with Crippen LogP contribution in [0.3, 0.4) is 0 Å². The van der Waals surface area contributed by atoms with Crippen LogP contribution < -0.4 is 0 Å². The van der Waals surface area contributed by atoms with E-state index in [9.17, 15) is 4.91 Å². The Morgan fingerprint density at radius 1 is 0.769 bits per heavy atom. The molecule has 0 aliphatic carbocycles. The van der Waals surface area contributed by atoms with Crippen molar-refractivity contribution in [1.82, 2.24) is 0 Å². The molecule has 0 N–H and O–H groups in total. The highest BCUT2D eigenvalue weighted by molar-refractivity contribution is 6.08. The van der Waals surface area contributed by atoms with Gasteiger partial charge in [0.1, 0.15) is 0 Å². The minimum Gasteiger partial charge on any atom is -0.151 e. The van der Waals surface area contributed by atoms with Crippen LogP contribution in [0.25, 0.3) is 0 Å². The molecule has 0 aliphatic rings. The van der Waals surface area contributed by atoms with Crippen LogP contribution in [0.5, 0.6) is 0 Å². The summed E-state index contributed by atoms with van der Waals surface area (Å²) in [6, 6.07) is 1.46. The lowest BCUT2D eigenvalue weighted by atomic mass is 10.1. The Morgan fingerprint density at radius 2 is 1.23 bits per heavy atom. The molecule has 0 rings (SSSR count). The van der Waals surface area contributed by atoms with Gasteiger partial charge in [-0.1, -0.05) is 56.2 Å². The van der Waals surface area contributed by atoms with E-state index in [2.05, 4.69) is 5.18 Å². The lowest BCUT2D eigenvalue weighted by Gasteiger charge is -1.99. The van der Waals surface area contributed by atoms with Crippen molar-refractivity contribution in [3.63, 3.8) is 0 Å². The van der Waals surface area contributed by atoms with Gasteiger partial charge in [-0.3, -0.25) is 0 Å². The molecular formula is C10H23NOSi. The molecule has 0 aromatic rings. The first-order valence-electron chi connectivity index (χ1n) is 5.71. The highest BCUT2D eigenvalue weighted by atomic mass is 28.1. The average Bonchev–Trinajstić information content (AvgIpc) is 2.16. The fourth-order valence-corrected chi connectivity index (χ4v) is 1.99. The van der Waals surface area contributed by atoms with E-state index in [4.69, 9.17) is 0 Å². The van der Waals surface area contributed by atoms with Crippen LogP contribution in [-0.4, -0.2) is 16.8 Å². The lowest BCUT2D eigenvalue weighted by Crippen LogP contribution is -1.83. The Labute approximate surface area is 84.9 Å². The van der Waals surface area contributed by atoms with Crippen molar-refractivity contribution in [2.45, 2.75) is 57.4 Å². The lowest BCUT2D eigenvalue weighted by molar-refractivity contribution is 0.578. The summed E-state index contributed by atoms with van der Waals surface area (Å²) in [5.74, 6) is 0. The zero-order chi connectivity index (χ0) is 9.78. The molecule has 0 aromatic carbocycles. The van der Waals surface area contributed by atoms with E-state index in [1.165, 1.54) is 61.2 Å². The second kappa shape index (κ2) is 11.8. The first kappa shape index (κ1) is 12.8. The summed E-state index contributed by atoms with van der Waals surface area (Å²) in [5, 5.41) is 2.85. The topological polar surface area (TPSA) is 29.4 Å². The van der Waals surface area contributed by atoms with E-state index in [-0.39, 0.29) is 0 Å². The number of unbranched alkanes of at least 4 members (excludes halogenated alkanes) is 7. The molecule has 0 radical (unpaired) electrons. The third-order valence-electron chi connectivity index (χ3n) is 2.35. The van der Waals surface area contributed by atoms with E-state index >= 15 is 0 Å². The van der Waals surface area contributed by atoms with E-state index < -0.39 is 0 Å². The summed E-state index contributed by atoms with van der Waals surface area (Å²) in [6.07, 6.45) is 10.5. The summed E-state index contributed by atoms with van der Waals surface area (Å²) in [5.41, 5.74) is 0. The smallest absolute Gasteiger partial charge is 0.0811 e. The Balaban J connectivity index is 2.79. The SMILES string of the molecule is O=NCCCCCCCCCC[SiH3]. The van der Waals surface area contributed by atoms with Crippen molar-refractivity contribution in [3.8, 4) is 0 Å². The quantitative estimate of drug-likeness (QED) is 0.303. The molecule has 78 valence electrons. The predicted octanol–water partition coefficient (Wildman–Crippen LogP) is 2.66. The summed E-state index contributed by atoms with van der Waals surface area (Å²) < 4.78 is 0. The van der Waals surface area contributed by atoms with E-state index in [0.717, 1.165) is 6.42 Å². The second-order valence-corrected chi connectivity index (χ2v) is 4.68. The second-order valence-electron chi connectivity index (χ2n) is 3.68. The minimum absolute atomic E-state index is 0.514. The van der Waals surface area contributed by atoms with E-state index in [0.29, 0.717) is 6.54 Å². The molecule has 0 amide bonds. The van der Waals surface area contributed by atoms with Crippen molar-refractivity contribution in [1.29, 1.82) is 0 Å². The number of nitroso groups, excluding NO2 is 1. The average molecular weight is 201 g/mol. The van der Waals surface area contributed by atoms with Crippen LogP contribution in [0, 0.1) is 4.91 Å². The Morgan fingerprint density at radius 3 is 1.69 bits per heavy atom. The molecule has 0 heterocycles. The standard InChI is InChI=1S/C10H23NOSi/c12-11-9-7-5-3-1-2-4-6-8-10-13/h1-10H2,13H3. The van der Waals surface area contributed by atoms with Gasteiger partial charge < -0.3 is 0 Å². The molecule has 0 spiro atoms. The fourth-order valence-electron chi connectivity index (χ4n) is 1.49. The van der Waals surface area contributed by atoms with Crippen LogP contribution in [0.15, 0.2) is 5.18 Å². The maximum atomic E-state index is 9.77. The molecule has 3 heteroatoms. The third kappa shape index (κ3) is 11.8. The molecule has 0 bridgehead atoms. The van der Waals surface area contributed by atoms with Gasteiger partial charge >= 0.3 is 0 Å². The van der Waals surface area contributed by atoms with Crippen LogP contribution >= 0.6 is 0 Å². The molecule has 0 saturated carbocycles. The molecule has 0 fully saturated rings. The molecule has 2 nitrogen and oxygen atoms in total. The summed E-state index contributed by atoms with van der Waals surface area (Å²) in [6.45, 7) is 0.514. The van der Waals surface area contributed by atoms with Crippen molar-refractivity contribution in [3.05, 3.63) is 4.91 Å². The van der Waals surface area contributed by atoms with Gasteiger partial charge in [0.15, 0.2) is 0 Å². The predicted molar refractivity (Wildman–Crippen MR) is 62.3 cm³/mol. The van der Waals surface area contributed by atoms with Crippen molar-refractivity contribution in [2.24, 2.45) is 5.18 Å². The minimum atomic E-state index is 0.514. The van der Waals surface area contributed by atoms with Gasteiger partial charge in [0, 0.05) is 10.2 Å². The summed E-state index contributed by atoms with van der Waals surface area (Å²) >= 11 is 0. The maximum absolute atomic E-state index is 9.77. The zero-order valence-electron chi connectivity index (χ0n) is 8.93. The van der Waals surface area contributed by atoms with Crippen molar-refractivity contribution < 1.29 is 0 Å². The summed E-state index contributed by atoms with van der Waals surface area (Å²) in [7, 11) is 1.37. The first-order chi connectivity index (χ1) is 6.41. The first-order valence-corrected chi connectivity index (χ1v) is 7.12. The molecule has 0 aromatic heterocycles. The normalized spacial score (nSPS) is 10.5. The highest BCUT2D eigenvalue weighted by Crippen LogP contribution is 2.09. The Bertz CT molecular complexity index is 109. The number of hydrogen-bond acceptors (Lipinski definition) is 2.